The first kappa shape index (κ1) is 17.4. The molecular formula is C19H18ClFN2O2. The maximum Gasteiger partial charge on any atom is 0.237 e. The summed E-state index contributed by atoms with van der Waals surface area (Å²) in [6, 6.07) is 11.4. The van der Waals surface area contributed by atoms with E-state index >= 15 is 0 Å². The van der Waals surface area contributed by atoms with Crippen LogP contribution in [-0.2, 0) is 9.59 Å². The number of likely N-dealkylation sites (tertiary alicyclic amines) is 1. The molecule has 2 aromatic rings. The van der Waals surface area contributed by atoms with E-state index in [2.05, 4.69) is 5.32 Å². The second-order valence-corrected chi connectivity index (χ2v) is 6.69. The zero-order chi connectivity index (χ0) is 18.1. The maximum atomic E-state index is 13.8. The molecular weight excluding hydrogens is 343 g/mol. The molecule has 1 aliphatic heterocycles. The average Bonchev–Trinajstić information content (AvgIpc) is 2.87. The highest BCUT2D eigenvalue weighted by Gasteiger charge is 2.44. The fraction of sp³-hybridized carbons (Fsp3) is 0.263. The Hall–Kier alpha value is -2.40. The largest absolute Gasteiger partial charge is 0.344 e. The second-order valence-electron chi connectivity index (χ2n) is 6.28. The molecule has 4 nitrogen and oxygen atoms in total. The molecule has 0 saturated carbocycles. The van der Waals surface area contributed by atoms with Crippen LogP contribution in [0.1, 0.15) is 17.0 Å². The molecule has 0 bridgehead atoms. The topological polar surface area (TPSA) is 49.4 Å². The summed E-state index contributed by atoms with van der Waals surface area (Å²) in [5.74, 6) is -2.58. The average molecular weight is 361 g/mol. The summed E-state index contributed by atoms with van der Waals surface area (Å²) in [5, 5.41) is 3.12. The smallest absolute Gasteiger partial charge is 0.237 e. The van der Waals surface area contributed by atoms with Gasteiger partial charge in [0.1, 0.15) is 11.7 Å². The molecule has 3 rings (SSSR count). The van der Waals surface area contributed by atoms with Crippen molar-refractivity contribution in [2.75, 3.05) is 18.9 Å². The van der Waals surface area contributed by atoms with Gasteiger partial charge in [-0.05, 0) is 36.2 Å². The molecule has 0 unspecified atom stereocenters. The molecule has 2 aromatic carbocycles. The summed E-state index contributed by atoms with van der Waals surface area (Å²) >= 11 is 6.19. The Morgan fingerprint density at radius 1 is 1.28 bits per heavy atom. The molecule has 0 radical (unpaired) electrons. The van der Waals surface area contributed by atoms with Gasteiger partial charge in [0.05, 0.1) is 5.69 Å². The van der Waals surface area contributed by atoms with Crippen molar-refractivity contribution in [2.45, 2.75) is 12.8 Å². The standard InChI is InChI=1S/C19H18ClFN2O2/c1-11-7-8-12(9-14(11)20)13-10-23(2)19(25)17(13)18(24)22-16-6-4-3-5-15(16)21/h3-9,13,17H,10H2,1-2H3,(H,22,24)/t13-,17+/m1/s1. The monoisotopic (exact) mass is 360 g/mol. The van der Waals surface area contributed by atoms with E-state index in [9.17, 15) is 14.0 Å². The summed E-state index contributed by atoms with van der Waals surface area (Å²) in [7, 11) is 1.65. The van der Waals surface area contributed by atoms with E-state index in [-0.39, 0.29) is 17.5 Å². The Morgan fingerprint density at radius 3 is 2.68 bits per heavy atom. The zero-order valence-electron chi connectivity index (χ0n) is 13.9. The normalized spacial score (nSPS) is 20.0. The number of hydrogen-bond donors (Lipinski definition) is 1. The summed E-state index contributed by atoms with van der Waals surface area (Å²) in [4.78, 5) is 26.7. The number of carbonyl (C=O) groups is 2. The lowest BCUT2D eigenvalue weighted by atomic mass is 9.87. The van der Waals surface area contributed by atoms with Crippen molar-refractivity contribution in [2.24, 2.45) is 5.92 Å². The lowest BCUT2D eigenvalue weighted by Gasteiger charge is -2.18. The lowest BCUT2D eigenvalue weighted by molar-refractivity contribution is -0.135. The molecule has 130 valence electrons. The third kappa shape index (κ3) is 3.37. The minimum absolute atomic E-state index is 0.0653. The van der Waals surface area contributed by atoms with Crippen LogP contribution < -0.4 is 5.32 Å². The summed E-state index contributed by atoms with van der Waals surface area (Å²) < 4.78 is 13.8. The van der Waals surface area contributed by atoms with Crippen LogP contribution in [0.15, 0.2) is 42.5 Å². The number of benzene rings is 2. The number of likely N-dealkylation sites (N-methyl/N-ethyl adjacent to an activating group) is 1. The Morgan fingerprint density at radius 2 is 2.00 bits per heavy atom. The lowest BCUT2D eigenvalue weighted by Crippen LogP contribution is -2.33. The van der Waals surface area contributed by atoms with Crippen LogP contribution in [0.2, 0.25) is 5.02 Å². The van der Waals surface area contributed by atoms with E-state index in [1.54, 1.807) is 19.2 Å². The Labute approximate surface area is 150 Å². The van der Waals surface area contributed by atoms with Gasteiger partial charge in [0, 0.05) is 24.5 Å². The van der Waals surface area contributed by atoms with Crippen molar-refractivity contribution in [3.05, 3.63) is 64.4 Å². The van der Waals surface area contributed by atoms with E-state index in [0.29, 0.717) is 11.6 Å². The molecule has 1 aliphatic rings. The zero-order valence-corrected chi connectivity index (χ0v) is 14.7. The number of carbonyl (C=O) groups excluding carboxylic acids is 2. The van der Waals surface area contributed by atoms with Gasteiger partial charge >= 0.3 is 0 Å². The van der Waals surface area contributed by atoms with Crippen molar-refractivity contribution in [3.8, 4) is 0 Å². The molecule has 1 N–H and O–H groups in total. The van der Waals surface area contributed by atoms with Gasteiger partial charge in [-0.15, -0.1) is 0 Å². The molecule has 1 saturated heterocycles. The van der Waals surface area contributed by atoms with Gasteiger partial charge in [0.2, 0.25) is 11.8 Å². The van der Waals surface area contributed by atoms with Gasteiger partial charge in [-0.3, -0.25) is 9.59 Å². The number of aryl methyl sites for hydroxylation is 1. The highest BCUT2D eigenvalue weighted by molar-refractivity contribution is 6.31. The number of nitrogens with zero attached hydrogens (tertiary/aromatic N) is 1. The van der Waals surface area contributed by atoms with Gasteiger partial charge in [-0.25, -0.2) is 4.39 Å². The van der Waals surface area contributed by atoms with Crippen LogP contribution in [0.3, 0.4) is 0 Å². The minimum atomic E-state index is -0.914. The fourth-order valence-electron chi connectivity index (χ4n) is 3.11. The molecule has 25 heavy (non-hydrogen) atoms. The van der Waals surface area contributed by atoms with E-state index < -0.39 is 17.6 Å². The highest BCUT2D eigenvalue weighted by atomic mass is 35.5. The van der Waals surface area contributed by atoms with Gasteiger partial charge < -0.3 is 10.2 Å². The second kappa shape index (κ2) is 6.84. The molecule has 1 fully saturated rings. The first-order valence-corrected chi connectivity index (χ1v) is 8.32. The van der Waals surface area contributed by atoms with Crippen LogP contribution in [0, 0.1) is 18.7 Å². The van der Waals surface area contributed by atoms with Crippen molar-refractivity contribution < 1.29 is 14.0 Å². The molecule has 0 spiro atoms. The number of halogens is 2. The molecule has 2 amide bonds. The summed E-state index contributed by atoms with van der Waals surface area (Å²) in [5.41, 5.74) is 1.81. The number of nitrogens with one attached hydrogen (secondary N) is 1. The molecule has 6 heteroatoms. The van der Waals surface area contributed by atoms with E-state index in [1.165, 1.54) is 23.1 Å². The fourth-order valence-corrected chi connectivity index (χ4v) is 3.29. The van der Waals surface area contributed by atoms with Crippen LogP contribution in [0.5, 0.6) is 0 Å². The number of rotatable bonds is 3. The van der Waals surface area contributed by atoms with Gasteiger partial charge in [0.15, 0.2) is 0 Å². The van der Waals surface area contributed by atoms with Crippen molar-refractivity contribution >= 4 is 29.1 Å². The Balaban J connectivity index is 1.90. The number of amides is 2. The van der Waals surface area contributed by atoms with Crippen molar-refractivity contribution in [3.63, 3.8) is 0 Å². The molecule has 1 heterocycles. The number of para-hydroxylation sites is 1. The van der Waals surface area contributed by atoms with E-state index in [4.69, 9.17) is 11.6 Å². The van der Waals surface area contributed by atoms with Gasteiger partial charge in [-0.1, -0.05) is 35.9 Å². The summed E-state index contributed by atoms with van der Waals surface area (Å²) in [6.45, 7) is 2.30. The predicted octanol–water partition coefficient (Wildman–Crippen LogP) is 3.60. The maximum absolute atomic E-state index is 13.8. The van der Waals surface area contributed by atoms with E-state index in [0.717, 1.165) is 11.1 Å². The Kier molecular flexibility index (Phi) is 4.77. The Bertz CT molecular complexity index is 840. The number of anilines is 1. The van der Waals surface area contributed by atoms with Gasteiger partial charge in [-0.2, -0.15) is 0 Å². The predicted molar refractivity (Wildman–Crippen MR) is 95.1 cm³/mol. The van der Waals surface area contributed by atoms with Crippen LogP contribution in [0.25, 0.3) is 0 Å². The molecule has 0 aliphatic carbocycles. The quantitative estimate of drug-likeness (QED) is 0.850. The van der Waals surface area contributed by atoms with Crippen molar-refractivity contribution in [1.82, 2.24) is 4.90 Å². The first-order valence-electron chi connectivity index (χ1n) is 7.95. The first-order chi connectivity index (χ1) is 11.9. The molecule has 0 aromatic heterocycles. The number of hydrogen-bond acceptors (Lipinski definition) is 2. The highest BCUT2D eigenvalue weighted by Crippen LogP contribution is 2.35. The third-order valence-electron chi connectivity index (χ3n) is 4.55. The third-order valence-corrected chi connectivity index (χ3v) is 4.96. The van der Waals surface area contributed by atoms with E-state index in [1.807, 2.05) is 19.1 Å². The minimum Gasteiger partial charge on any atom is -0.344 e. The van der Waals surface area contributed by atoms with Crippen LogP contribution in [0.4, 0.5) is 10.1 Å². The SMILES string of the molecule is Cc1ccc([C@H]2CN(C)C(=O)[C@@H]2C(=O)Nc2ccccc2F)cc1Cl. The molecule has 2 atom stereocenters. The van der Waals surface area contributed by atoms with Crippen molar-refractivity contribution in [1.29, 1.82) is 0 Å². The van der Waals surface area contributed by atoms with Gasteiger partial charge in [0.25, 0.3) is 0 Å². The van der Waals surface area contributed by atoms with Crippen LogP contribution >= 0.6 is 11.6 Å². The van der Waals surface area contributed by atoms with Crippen LogP contribution in [-0.4, -0.2) is 30.3 Å². The summed E-state index contributed by atoms with van der Waals surface area (Å²) in [6.07, 6.45) is 0.